The van der Waals surface area contributed by atoms with Gasteiger partial charge in [-0.15, -0.1) is 0 Å². The van der Waals surface area contributed by atoms with Crippen molar-refractivity contribution in [2.75, 3.05) is 32.5 Å². The van der Waals surface area contributed by atoms with Gasteiger partial charge in [0.15, 0.2) is 0 Å². The van der Waals surface area contributed by atoms with Gasteiger partial charge in [0.1, 0.15) is 5.82 Å². The van der Waals surface area contributed by atoms with Crippen LogP contribution in [0.2, 0.25) is 0 Å². The molecule has 0 fully saturated rings. The van der Waals surface area contributed by atoms with Crippen molar-refractivity contribution in [2.24, 2.45) is 0 Å². The maximum absolute atomic E-state index is 12.1. The van der Waals surface area contributed by atoms with E-state index in [0.717, 1.165) is 25.3 Å². The van der Waals surface area contributed by atoms with Crippen LogP contribution in [-0.4, -0.2) is 48.5 Å². The lowest BCUT2D eigenvalue weighted by Crippen LogP contribution is -2.40. The van der Waals surface area contributed by atoms with Crippen LogP contribution in [0.5, 0.6) is 0 Å². The summed E-state index contributed by atoms with van der Waals surface area (Å²) in [7, 11) is 4.10. The summed E-state index contributed by atoms with van der Waals surface area (Å²) in [4.78, 5) is 18.4. The molecule has 0 spiro atoms. The van der Waals surface area contributed by atoms with Crippen LogP contribution in [-0.2, 0) is 0 Å². The zero-order valence-electron chi connectivity index (χ0n) is 13.2. The normalized spacial score (nSPS) is 11.5. The summed E-state index contributed by atoms with van der Waals surface area (Å²) >= 11 is 0. The predicted molar refractivity (Wildman–Crippen MR) is 83.1 cm³/mol. The quantitative estimate of drug-likeness (QED) is 0.781. The smallest absolute Gasteiger partial charge is 0.251 e. The predicted octanol–water partition coefficient (Wildman–Crippen LogP) is 1.97. The molecule has 1 rings (SSSR count). The summed E-state index contributed by atoms with van der Waals surface area (Å²) in [6, 6.07) is 3.52. The molecule has 0 aliphatic rings. The van der Waals surface area contributed by atoms with E-state index in [4.69, 9.17) is 0 Å². The number of nitrogens with zero attached hydrogens (tertiary/aromatic N) is 2. The standard InChI is InChI=1S/C15H26N4O/c1-15(2,3)18-14(20)12-7-9-17-13(11-12)16-8-6-10-19(4)5/h7,9,11H,6,8,10H2,1-5H3,(H,16,17)(H,18,20). The third-order valence-corrected chi connectivity index (χ3v) is 2.60. The van der Waals surface area contributed by atoms with Gasteiger partial charge in [-0.25, -0.2) is 4.98 Å². The number of carbonyl (C=O) groups is 1. The van der Waals surface area contributed by atoms with E-state index in [0.29, 0.717) is 5.56 Å². The lowest BCUT2D eigenvalue weighted by atomic mass is 10.1. The molecule has 1 amide bonds. The fourth-order valence-corrected chi connectivity index (χ4v) is 1.69. The van der Waals surface area contributed by atoms with Gasteiger partial charge in [0.05, 0.1) is 0 Å². The topological polar surface area (TPSA) is 57.3 Å². The fraction of sp³-hybridized carbons (Fsp3) is 0.600. The molecule has 0 unspecified atom stereocenters. The Morgan fingerprint density at radius 3 is 2.65 bits per heavy atom. The van der Waals surface area contributed by atoms with Gasteiger partial charge in [-0.3, -0.25) is 4.79 Å². The van der Waals surface area contributed by atoms with Crippen molar-refractivity contribution in [3.63, 3.8) is 0 Å². The molecule has 0 saturated heterocycles. The zero-order chi connectivity index (χ0) is 15.2. The van der Waals surface area contributed by atoms with Crippen LogP contribution in [0.4, 0.5) is 5.82 Å². The Balaban J connectivity index is 2.55. The highest BCUT2D eigenvalue weighted by Gasteiger charge is 2.15. The highest BCUT2D eigenvalue weighted by molar-refractivity contribution is 5.95. The van der Waals surface area contributed by atoms with Crippen molar-refractivity contribution in [1.29, 1.82) is 0 Å². The van der Waals surface area contributed by atoms with E-state index in [9.17, 15) is 4.79 Å². The van der Waals surface area contributed by atoms with E-state index in [2.05, 4.69) is 34.6 Å². The second-order valence-corrected chi connectivity index (χ2v) is 6.22. The first-order valence-corrected chi connectivity index (χ1v) is 6.95. The highest BCUT2D eigenvalue weighted by Crippen LogP contribution is 2.09. The summed E-state index contributed by atoms with van der Waals surface area (Å²) in [6.45, 7) is 7.76. The molecule has 0 aliphatic carbocycles. The van der Waals surface area contributed by atoms with Gasteiger partial charge in [-0.2, -0.15) is 0 Å². The highest BCUT2D eigenvalue weighted by atomic mass is 16.1. The van der Waals surface area contributed by atoms with Crippen LogP contribution in [0.25, 0.3) is 0 Å². The maximum Gasteiger partial charge on any atom is 0.251 e. The van der Waals surface area contributed by atoms with E-state index < -0.39 is 0 Å². The first-order chi connectivity index (χ1) is 9.28. The second kappa shape index (κ2) is 7.24. The first kappa shape index (κ1) is 16.4. The fourth-order valence-electron chi connectivity index (χ4n) is 1.69. The number of pyridine rings is 1. The van der Waals surface area contributed by atoms with E-state index >= 15 is 0 Å². The lowest BCUT2D eigenvalue weighted by Gasteiger charge is -2.20. The molecule has 0 atom stereocenters. The van der Waals surface area contributed by atoms with E-state index in [1.807, 2.05) is 20.8 Å². The Bertz CT molecular complexity index is 438. The zero-order valence-corrected chi connectivity index (χ0v) is 13.2. The van der Waals surface area contributed by atoms with Gasteiger partial charge in [-0.05, 0) is 60.0 Å². The number of amides is 1. The van der Waals surface area contributed by atoms with E-state index in [1.54, 1.807) is 18.3 Å². The molecule has 1 aromatic rings. The first-order valence-electron chi connectivity index (χ1n) is 6.95. The van der Waals surface area contributed by atoms with Crippen LogP contribution in [0.1, 0.15) is 37.6 Å². The molecule has 0 bridgehead atoms. The SMILES string of the molecule is CN(C)CCCNc1cc(C(=O)NC(C)(C)C)ccn1. The molecule has 0 aromatic carbocycles. The summed E-state index contributed by atoms with van der Waals surface area (Å²) < 4.78 is 0. The van der Waals surface area contributed by atoms with Gasteiger partial charge in [0.2, 0.25) is 0 Å². The summed E-state index contributed by atoms with van der Waals surface area (Å²) in [6.07, 6.45) is 2.69. The van der Waals surface area contributed by atoms with Gasteiger partial charge >= 0.3 is 0 Å². The Morgan fingerprint density at radius 1 is 1.35 bits per heavy atom. The van der Waals surface area contributed by atoms with E-state index in [-0.39, 0.29) is 11.4 Å². The van der Waals surface area contributed by atoms with Gasteiger partial charge in [0, 0.05) is 23.8 Å². The Hall–Kier alpha value is -1.62. The number of carbonyl (C=O) groups excluding carboxylic acids is 1. The molecule has 1 aromatic heterocycles. The average molecular weight is 278 g/mol. The largest absolute Gasteiger partial charge is 0.370 e. The molecule has 0 saturated carbocycles. The number of aromatic nitrogens is 1. The molecule has 5 nitrogen and oxygen atoms in total. The molecule has 0 aliphatic heterocycles. The van der Waals surface area contributed by atoms with Crippen LogP contribution in [0.15, 0.2) is 18.3 Å². The molecule has 2 N–H and O–H groups in total. The van der Waals surface area contributed by atoms with Crippen LogP contribution in [0, 0.1) is 0 Å². The lowest BCUT2D eigenvalue weighted by molar-refractivity contribution is 0.0919. The number of nitrogens with one attached hydrogen (secondary N) is 2. The van der Waals surface area contributed by atoms with Crippen molar-refractivity contribution < 1.29 is 4.79 Å². The Kier molecular flexibility index (Phi) is 5.95. The molecular weight excluding hydrogens is 252 g/mol. The van der Waals surface area contributed by atoms with Crippen molar-refractivity contribution >= 4 is 11.7 Å². The summed E-state index contributed by atoms with van der Waals surface area (Å²) in [5, 5.41) is 6.18. The van der Waals surface area contributed by atoms with Gasteiger partial charge in [0.25, 0.3) is 5.91 Å². The van der Waals surface area contributed by atoms with Crippen molar-refractivity contribution in [3.8, 4) is 0 Å². The summed E-state index contributed by atoms with van der Waals surface area (Å²) in [5.41, 5.74) is 0.393. The van der Waals surface area contributed by atoms with Crippen molar-refractivity contribution in [3.05, 3.63) is 23.9 Å². The van der Waals surface area contributed by atoms with Crippen molar-refractivity contribution in [1.82, 2.24) is 15.2 Å². The number of rotatable bonds is 6. The Labute approximate surface area is 121 Å². The molecule has 112 valence electrons. The average Bonchev–Trinajstić information content (AvgIpc) is 2.33. The molecule has 1 heterocycles. The number of anilines is 1. The van der Waals surface area contributed by atoms with Crippen LogP contribution >= 0.6 is 0 Å². The van der Waals surface area contributed by atoms with Crippen LogP contribution < -0.4 is 10.6 Å². The minimum Gasteiger partial charge on any atom is -0.370 e. The third-order valence-electron chi connectivity index (χ3n) is 2.60. The van der Waals surface area contributed by atoms with Gasteiger partial charge in [-0.1, -0.05) is 0 Å². The monoisotopic (exact) mass is 278 g/mol. The molecule has 0 radical (unpaired) electrons. The molecule has 5 heteroatoms. The Morgan fingerprint density at radius 2 is 2.05 bits per heavy atom. The second-order valence-electron chi connectivity index (χ2n) is 6.22. The molecular formula is C15H26N4O. The minimum atomic E-state index is -0.236. The number of hydrogen-bond donors (Lipinski definition) is 2. The van der Waals surface area contributed by atoms with Gasteiger partial charge < -0.3 is 15.5 Å². The summed E-state index contributed by atoms with van der Waals surface area (Å²) in [5.74, 6) is 0.668. The minimum absolute atomic E-state index is 0.0729. The van der Waals surface area contributed by atoms with Crippen LogP contribution in [0.3, 0.4) is 0 Å². The number of hydrogen-bond acceptors (Lipinski definition) is 4. The van der Waals surface area contributed by atoms with Crippen molar-refractivity contribution in [2.45, 2.75) is 32.7 Å². The molecule has 20 heavy (non-hydrogen) atoms. The van der Waals surface area contributed by atoms with E-state index in [1.165, 1.54) is 0 Å². The maximum atomic E-state index is 12.1. The third kappa shape index (κ3) is 6.52.